The van der Waals surface area contributed by atoms with E-state index in [1.165, 1.54) is 0 Å². The van der Waals surface area contributed by atoms with Crippen LogP contribution in [0.25, 0.3) is 0 Å². The number of ether oxygens (including phenoxy) is 1. The van der Waals surface area contributed by atoms with Gasteiger partial charge < -0.3 is 4.74 Å². The Morgan fingerprint density at radius 1 is 1.64 bits per heavy atom. The highest BCUT2D eigenvalue weighted by Crippen LogP contribution is 1.85. The molecule has 0 aromatic rings. The van der Waals surface area contributed by atoms with Crippen molar-refractivity contribution in [1.29, 1.82) is 0 Å². The minimum Gasteiger partial charge on any atom is -0.381 e. The molecule has 0 unspecified atom stereocenters. The SMILES string of the molecule is C=CCCOCCC(=O)NN. The third-order valence-corrected chi connectivity index (χ3v) is 1.10. The Morgan fingerprint density at radius 2 is 2.36 bits per heavy atom. The van der Waals surface area contributed by atoms with Crippen LogP contribution in [0.1, 0.15) is 12.8 Å². The fourth-order valence-electron chi connectivity index (χ4n) is 0.506. The van der Waals surface area contributed by atoms with Gasteiger partial charge in [-0.2, -0.15) is 0 Å². The van der Waals surface area contributed by atoms with Crippen molar-refractivity contribution in [3.63, 3.8) is 0 Å². The Hall–Kier alpha value is -0.870. The highest BCUT2D eigenvalue weighted by atomic mass is 16.5. The van der Waals surface area contributed by atoms with E-state index >= 15 is 0 Å². The quantitative estimate of drug-likeness (QED) is 0.187. The van der Waals surface area contributed by atoms with E-state index in [0.29, 0.717) is 19.6 Å². The van der Waals surface area contributed by atoms with Gasteiger partial charge in [0.15, 0.2) is 0 Å². The predicted molar refractivity (Wildman–Crippen MR) is 42.6 cm³/mol. The van der Waals surface area contributed by atoms with E-state index in [4.69, 9.17) is 10.6 Å². The molecule has 0 aromatic heterocycles. The lowest BCUT2D eigenvalue weighted by atomic mass is 10.4. The molecule has 0 rings (SSSR count). The second-order valence-corrected chi connectivity index (χ2v) is 2.01. The summed E-state index contributed by atoms with van der Waals surface area (Å²) in [6, 6.07) is 0. The lowest BCUT2D eigenvalue weighted by Gasteiger charge is -2.00. The van der Waals surface area contributed by atoms with Gasteiger partial charge in [0.05, 0.1) is 19.6 Å². The molecule has 11 heavy (non-hydrogen) atoms. The molecule has 0 bridgehead atoms. The fraction of sp³-hybridized carbons (Fsp3) is 0.571. The maximum absolute atomic E-state index is 10.5. The number of hydrazine groups is 1. The van der Waals surface area contributed by atoms with Crippen LogP contribution in [0.5, 0.6) is 0 Å². The first kappa shape index (κ1) is 10.1. The summed E-state index contributed by atoms with van der Waals surface area (Å²) in [5.74, 6) is 4.64. The highest BCUT2D eigenvalue weighted by Gasteiger charge is 1.95. The Morgan fingerprint density at radius 3 is 2.91 bits per heavy atom. The third-order valence-electron chi connectivity index (χ3n) is 1.10. The van der Waals surface area contributed by atoms with Crippen LogP contribution in [0.2, 0.25) is 0 Å². The topological polar surface area (TPSA) is 64.3 Å². The van der Waals surface area contributed by atoms with Gasteiger partial charge in [-0.1, -0.05) is 6.08 Å². The minimum absolute atomic E-state index is 0.205. The lowest BCUT2D eigenvalue weighted by molar-refractivity contribution is -0.122. The van der Waals surface area contributed by atoms with Gasteiger partial charge in [-0.3, -0.25) is 10.2 Å². The zero-order valence-corrected chi connectivity index (χ0v) is 6.51. The van der Waals surface area contributed by atoms with Crippen molar-refractivity contribution in [3.05, 3.63) is 12.7 Å². The predicted octanol–water partition coefficient (Wildman–Crippen LogP) is -0.0409. The molecular weight excluding hydrogens is 144 g/mol. The van der Waals surface area contributed by atoms with Crippen LogP contribution >= 0.6 is 0 Å². The molecule has 64 valence electrons. The molecule has 4 nitrogen and oxygen atoms in total. The first-order valence-electron chi connectivity index (χ1n) is 3.49. The average Bonchev–Trinajstić information content (AvgIpc) is 2.04. The van der Waals surface area contributed by atoms with Gasteiger partial charge in [-0.15, -0.1) is 6.58 Å². The smallest absolute Gasteiger partial charge is 0.236 e. The maximum atomic E-state index is 10.5. The number of hydrogen-bond donors (Lipinski definition) is 2. The van der Waals surface area contributed by atoms with Gasteiger partial charge in [0, 0.05) is 0 Å². The van der Waals surface area contributed by atoms with E-state index in [0.717, 1.165) is 6.42 Å². The summed E-state index contributed by atoms with van der Waals surface area (Å²) >= 11 is 0. The van der Waals surface area contributed by atoms with Gasteiger partial charge in [0.25, 0.3) is 0 Å². The number of amides is 1. The fourth-order valence-corrected chi connectivity index (χ4v) is 0.506. The third kappa shape index (κ3) is 7.02. The molecule has 0 saturated heterocycles. The summed E-state index contributed by atoms with van der Waals surface area (Å²) in [6.07, 6.45) is 2.89. The van der Waals surface area contributed by atoms with Crippen molar-refractivity contribution in [2.75, 3.05) is 13.2 Å². The van der Waals surface area contributed by atoms with Crippen LogP contribution in [0.3, 0.4) is 0 Å². The number of nitrogens with two attached hydrogens (primary N) is 1. The molecule has 0 aliphatic heterocycles. The molecule has 0 radical (unpaired) electrons. The molecule has 0 aromatic carbocycles. The number of carbonyl (C=O) groups is 1. The van der Waals surface area contributed by atoms with E-state index in [-0.39, 0.29) is 5.91 Å². The van der Waals surface area contributed by atoms with Crippen molar-refractivity contribution < 1.29 is 9.53 Å². The molecular formula is C7H14N2O2. The standard InChI is InChI=1S/C7H14N2O2/c1-2-3-5-11-6-4-7(10)9-8/h2H,1,3-6,8H2,(H,9,10). The minimum atomic E-state index is -0.205. The van der Waals surface area contributed by atoms with Crippen LogP contribution in [0, 0.1) is 0 Å². The molecule has 0 fully saturated rings. The molecule has 0 spiro atoms. The summed E-state index contributed by atoms with van der Waals surface area (Å²) in [7, 11) is 0. The van der Waals surface area contributed by atoms with Crippen LogP contribution < -0.4 is 11.3 Å². The Balaban J connectivity index is 3.01. The van der Waals surface area contributed by atoms with Gasteiger partial charge in [-0.05, 0) is 6.42 Å². The van der Waals surface area contributed by atoms with E-state index in [2.05, 4.69) is 6.58 Å². The monoisotopic (exact) mass is 158 g/mol. The lowest BCUT2D eigenvalue weighted by Crippen LogP contribution is -2.30. The Bertz CT molecular complexity index is 126. The molecule has 0 saturated carbocycles. The second kappa shape index (κ2) is 7.24. The maximum Gasteiger partial charge on any atom is 0.236 e. The largest absolute Gasteiger partial charge is 0.381 e. The van der Waals surface area contributed by atoms with E-state index in [9.17, 15) is 4.79 Å². The normalized spacial score (nSPS) is 9.18. The Kier molecular flexibility index (Phi) is 6.67. The van der Waals surface area contributed by atoms with Crippen molar-refractivity contribution in [2.24, 2.45) is 5.84 Å². The van der Waals surface area contributed by atoms with E-state index in [1.807, 2.05) is 5.43 Å². The molecule has 1 amide bonds. The average molecular weight is 158 g/mol. The van der Waals surface area contributed by atoms with Crippen molar-refractivity contribution in [2.45, 2.75) is 12.8 Å². The molecule has 0 heterocycles. The van der Waals surface area contributed by atoms with Crippen molar-refractivity contribution in [3.8, 4) is 0 Å². The van der Waals surface area contributed by atoms with Crippen molar-refractivity contribution >= 4 is 5.91 Å². The molecule has 0 aliphatic rings. The summed E-state index contributed by atoms with van der Waals surface area (Å²) in [4.78, 5) is 10.5. The van der Waals surface area contributed by atoms with Crippen LogP contribution in [0.4, 0.5) is 0 Å². The summed E-state index contributed by atoms with van der Waals surface area (Å²) in [5.41, 5.74) is 2.02. The van der Waals surface area contributed by atoms with Crippen molar-refractivity contribution in [1.82, 2.24) is 5.43 Å². The van der Waals surface area contributed by atoms with E-state index < -0.39 is 0 Å². The van der Waals surface area contributed by atoms with Gasteiger partial charge >= 0.3 is 0 Å². The van der Waals surface area contributed by atoms with Crippen LogP contribution in [-0.2, 0) is 9.53 Å². The number of nitrogens with one attached hydrogen (secondary N) is 1. The molecule has 3 N–H and O–H groups in total. The Labute approximate surface area is 66.4 Å². The second-order valence-electron chi connectivity index (χ2n) is 2.01. The van der Waals surface area contributed by atoms with Crippen LogP contribution in [-0.4, -0.2) is 19.1 Å². The summed E-state index contributed by atoms with van der Waals surface area (Å²) < 4.78 is 5.06. The summed E-state index contributed by atoms with van der Waals surface area (Å²) in [5, 5.41) is 0. The zero-order chi connectivity index (χ0) is 8.53. The summed E-state index contributed by atoms with van der Waals surface area (Å²) in [6.45, 7) is 4.56. The zero-order valence-electron chi connectivity index (χ0n) is 6.51. The number of hydrogen-bond acceptors (Lipinski definition) is 3. The first-order valence-corrected chi connectivity index (χ1v) is 3.49. The molecule has 0 atom stereocenters. The number of rotatable bonds is 6. The van der Waals surface area contributed by atoms with Crippen LogP contribution in [0.15, 0.2) is 12.7 Å². The van der Waals surface area contributed by atoms with Gasteiger partial charge in [-0.25, -0.2) is 5.84 Å². The van der Waals surface area contributed by atoms with Gasteiger partial charge in [0.1, 0.15) is 0 Å². The van der Waals surface area contributed by atoms with Gasteiger partial charge in [0.2, 0.25) is 5.91 Å². The highest BCUT2D eigenvalue weighted by molar-refractivity contribution is 5.75. The number of carbonyl (C=O) groups excluding carboxylic acids is 1. The van der Waals surface area contributed by atoms with E-state index in [1.54, 1.807) is 6.08 Å². The molecule has 4 heteroatoms. The first-order chi connectivity index (χ1) is 5.31. The molecule has 0 aliphatic carbocycles.